The van der Waals surface area contributed by atoms with Gasteiger partial charge in [0.15, 0.2) is 0 Å². The second-order valence-corrected chi connectivity index (χ2v) is 5.25. The molecule has 0 radical (unpaired) electrons. The summed E-state index contributed by atoms with van der Waals surface area (Å²) >= 11 is 0. The molecular formula is C13H18N4O. The number of nitrogens with one attached hydrogen (secondary N) is 2. The lowest BCUT2D eigenvalue weighted by Gasteiger charge is -2.30. The van der Waals surface area contributed by atoms with E-state index >= 15 is 0 Å². The Hall–Kier alpha value is -1.62. The smallest absolute Gasteiger partial charge is 0.250 e. The lowest BCUT2D eigenvalue weighted by molar-refractivity contribution is 0.1000. The van der Waals surface area contributed by atoms with E-state index in [0.29, 0.717) is 23.7 Å². The van der Waals surface area contributed by atoms with Crippen molar-refractivity contribution in [1.82, 2.24) is 10.3 Å². The van der Waals surface area contributed by atoms with Gasteiger partial charge in [-0.1, -0.05) is 0 Å². The van der Waals surface area contributed by atoms with Gasteiger partial charge in [-0.25, -0.2) is 4.98 Å². The Morgan fingerprint density at radius 2 is 2.06 bits per heavy atom. The fraction of sp³-hybridized carbons (Fsp3) is 0.538. The van der Waals surface area contributed by atoms with E-state index in [1.165, 1.54) is 19.0 Å². The first kappa shape index (κ1) is 11.5. The van der Waals surface area contributed by atoms with Gasteiger partial charge in [-0.15, -0.1) is 0 Å². The van der Waals surface area contributed by atoms with Crippen molar-refractivity contribution < 1.29 is 4.79 Å². The highest BCUT2D eigenvalue weighted by Crippen LogP contribution is 2.28. The molecule has 1 amide bonds. The Labute approximate surface area is 106 Å². The molecule has 96 valence electrons. The van der Waals surface area contributed by atoms with Crippen molar-refractivity contribution in [3.63, 3.8) is 0 Å². The van der Waals surface area contributed by atoms with Gasteiger partial charge in [0.05, 0.1) is 5.56 Å². The number of carbonyl (C=O) groups excluding carboxylic acids is 1. The topological polar surface area (TPSA) is 80.0 Å². The number of pyridine rings is 1. The Morgan fingerprint density at radius 3 is 2.61 bits per heavy atom. The Kier molecular flexibility index (Phi) is 2.91. The number of hydrogen-bond acceptors (Lipinski definition) is 4. The zero-order valence-corrected chi connectivity index (χ0v) is 10.2. The Balaban J connectivity index is 1.64. The SMILES string of the molecule is NC(=O)c1ccc(NC2CC3CCC(C2)N3)nc1. The third kappa shape index (κ3) is 2.31. The summed E-state index contributed by atoms with van der Waals surface area (Å²) in [6.45, 7) is 0. The summed E-state index contributed by atoms with van der Waals surface area (Å²) in [6.07, 6.45) is 6.40. The summed E-state index contributed by atoms with van der Waals surface area (Å²) in [7, 11) is 0. The number of piperidine rings is 1. The Bertz CT molecular complexity index is 433. The van der Waals surface area contributed by atoms with Crippen molar-refractivity contribution in [3.8, 4) is 0 Å². The molecule has 0 aliphatic carbocycles. The van der Waals surface area contributed by atoms with Gasteiger partial charge >= 0.3 is 0 Å². The highest BCUT2D eigenvalue weighted by Gasteiger charge is 2.33. The lowest BCUT2D eigenvalue weighted by atomic mass is 10.00. The molecule has 3 rings (SSSR count). The standard InChI is InChI=1S/C13H18N4O/c14-13(18)8-1-4-12(15-7-8)17-11-5-9-2-3-10(6-11)16-9/h1,4,7,9-11,16H,2-3,5-6H2,(H2,14,18)(H,15,17). The quantitative estimate of drug-likeness (QED) is 0.739. The zero-order valence-electron chi connectivity index (χ0n) is 10.2. The number of rotatable bonds is 3. The van der Waals surface area contributed by atoms with Crippen LogP contribution in [0.5, 0.6) is 0 Å². The maximum absolute atomic E-state index is 11.0. The third-order valence-corrected chi connectivity index (χ3v) is 3.87. The number of hydrogen-bond donors (Lipinski definition) is 3. The number of fused-ring (bicyclic) bond motifs is 2. The number of amides is 1. The van der Waals surface area contributed by atoms with Gasteiger partial charge < -0.3 is 16.4 Å². The molecule has 1 aromatic heterocycles. The van der Waals surface area contributed by atoms with E-state index in [1.807, 2.05) is 6.07 Å². The minimum atomic E-state index is -0.436. The average molecular weight is 246 g/mol. The van der Waals surface area contributed by atoms with Crippen LogP contribution in [0.2, 0.25) is 0 Å². The molecule has 2 atom stereocenters. The van der Waals surface area contributed by atoms with Gasteiger partial charge in [0.25, 0.3) is 0 Å². The van der Waals surface area contributed by atoms with Crippen molar-refractivity contribution in [3.05, 3.63) is 23.9 Å². The van der Waals surface area contributed by atoms with Crippen molar-refractivity contribution in [2.45, 2.75) is 43.8 Å². The van der Waals surface area contributed by atoms with E-state index in [-0.39, 0.29) is 0 Å². The van der Waals surface area contributed by atoms with Gasteiger partial charge in [-0.05, 0) is 37.8 Å². The van der Waals surface area contributed by atoms with Crippen LogP contribution in [0.3, 0.4) is 0 Å². The van der Waals surface area contributed by atoms with E-state index in [0.717, 1.165) is 18.7 Å². The van der Waals surface area contributed by atoms with Crippen molar-refractivity contribution in [2.75, 3.05) is 5.32 Å². The van der Waals surface area contributed by atoms with Gasteiger partial charge in [0.1, 0.15) is 5.82 Å². The summed E-state index contributed by atoms with van der Waals surface area (Å²) in [6, 6.07) is 5.34. The summed E-state index contributed by atoms with van der Waals surface area (Å²) in [5.41, 5.74) is 5.64. The molecule has 1 aromatic rings. The van der Waals surface area contributed by atoms with Gasteiger partial charge in [-0.3, -0.25) is 4.79 Å². The molecule has 0 saturated carbocycles. The first-order valence-corrected chi connectivity index (χ1v) is 6.49. The average Bonchev–Trinajstić information content (AvgIpc) is 2.69. The molecule has 0 spiro atoms. The molecule has 2 bridgehead atoms. The van der Waals surface area contributed by atoms with Crippen LogP contribution >= 0.6 is 0 Å². The largest absolute Gasteiger partial charge is 0.367 e. The molecule has 18 heavy (non-hydrogen) atoms. The highest BCUT2D eigenvalue weighted by molar-refractivity contribution is 5.92. The van der Waals surface area contributed by atoms with Crippen LogP contribution in [0.1, 0.15) is 36.0 Å². The monoisotopic (exact) mass is 246 g/mol. The molecule has 4 N–H and O–H groups in total. The molecule has 2 aliphatic heterocycles. The van der Waals surface area contributed by atoms with E-state index in [1.54, 1.807) is 6.07 Å². The fourth-order valence-electron chi connectivity index (χ4n) is 3.01. The van der Waals surface area contributed by atoms with E-state index in [4.69, 9.17) is 5.73 Å². The maximum atomic E-state index is 11.0. The van der Waals surface area contributed by atoms with Gasteiger partial charge in [0.2, 0.25) is 5.91 Å². The minimum absolute atomic E-state index is 0.436. The van der Waals surface area contributed by atoms with Crippen LogP contribution in [-0.2, 0) is 0 Å². The minimum Gasteiger partial charge on any atom is -0.367 e. The normalized spacial score (nSPS) is 30.1. The molecule has 2 unspecified atom stereocenters. The molecule has 5 nitrogen and oxygen atoms in total. The van der Waals surface area contributed by atoms with Crippen molar-refractivity contribution >= 4 is 11.7 Å². The van der Waals surface area contributed by atoms with Gasteiger partial charge in [0, 0.05) is 24.3 Å². The maximum Gasteiger partial charge on any atom is 0.250 e. The van der Waals surface area contributed by atoms with Crippen LogP contribution in [-0.4, -0.2) is 29.0 Å². The van der Waals surface area contributed by atoms with Crippen LogP contribution in [0, 0.1) is 0 Å². The lowest BCUT2D eigenvalue weighted by Crippen LogP contribution is -2.43. The van der Waals surface area contributed by atoms with E-state index in [9.17, 15) is 4.79 Å². The van der Waals surface area contributed by atoms with Crippen LogP contribution in [0.15, 0.2) is 18.3 Å². The van der Waals surface area contributed by atoms with Crippen LogP contribution in [0.4, 0.5) is 5.82 Å². The molecule has 5 heteroatoms. The number of anilines is 1. The number of primary amides is 1. The number of nitrogens with zero attached hydrogens (tertiary/aromatic N) is 1. The fourth-order valence-corrected chi connectivity index (χ4v) is 3.01. The zero-order chi connectivity index (χ0) is 12.5. The molecule has 0 aromatic carbocycles. The van der Waals surface area contributed by atoms with Gasteiger partial charge in [-0.2, -0.15) is 0 Å². The summed E-state index contributed by atoms with van der Waals surface area (Å²) in [4.78, 5) is 15.2. The van der Waals surface area contributed by atoms with Crippen molar-refractivity contribution in [1.29, 1.82) is 0 Å². The number of carbonyl (C=O) groups is 1. The predicted molar refractivity (Wildman–Crippen MR) is 69.3 cm³/mol. The molecular weight excluding hydrogens is 228 g/mol. The molecule has 2 fully saturated rings. The van der Waals surface area contributed by atoms with Crippen LogP contribution in [0.25, 0.3) is 0 Å². The first-order valence-electron chi connectivity index (χ1n) is 6.49. The molecule has 2 aliphatic rings. The predicted octanol–water partition coefficient (Wildman–Crippen LogP) is 0.875. The van der Waals surface area contributed by atoms with Crippen molar-refractivity contribution in [2.24, 2.45) is 5.73 Å². The molecule has 3 heterocycles. The number of nitrogens with two attached hydrogens (primary N) is 1. The number of aromatic nitrogens is 1. The molecule has 2 saturated heterocycles. The summed E-state index contributed by atoms with van der Waals surface area (Å²) < 4.78 is 0. The second kappa shape index (κ2) is 4.57. The Morgan fingerprint density at radius 1 is 1.33 bits per heavy atom. The third-order valence-electron chi connectivity index (χ3n) is 3.87. The van der Waals surface area contributed by atoms with Crippen LogP contribution < -0.4 is 16.4 Å². The first-order chi connectivity index (χ1) is 8.70. The van der Waals surface area contributed by atoms with E-state index in [2.05, 4.69) is 15.6 Å². The van der Waals surface area contributed by atoms with E-state index < -0.39 is 5.91 Å². The highest BCUT2D eigenvalue weighted by atomic mass is 16.1. The summed E-state index contributed by atoms with van der Waals surface area (Å²) in [5, 5.41) is 7.05. The second-order valence-electron chi connectivity index (χ2n) is 5.25. The summed E-state index contributed by atoms with van der Waals surface area (Å²) in [5.74, 6) is 0.389.